The van der Waals surface area contributed by atoms with Gasteiger partial charge in [-0.1, -0.05) is 0 Å². The summed E-state index contributed by atoms with van der Waals surface area (Å²) in [7, 11) is -4.48. The molecule has 0 aliphatic rings. The minimum atomic E-state index is -4.48. The van der Waals surface area contributed by atoms with Crippen molar-refractivity contribution >= 4 is 27.5 Å². The first-order valence-electron chi connectivity index (χ1n) is 4.64. The van der Waals surface area contributed by atoms with Crippen molar-refractivity contribution in [1.82, 2.24) is 0 Å². The maximum absolute atomic E-state index is 11.2. The molecule has 0 saturated heterocycles. The maximum Gasteiger partial charge on any atom is 1.00 e. The molecular weight excluding hydrogens is 285 g/mol. The molecule has 92 valence electrons. The fraction of sp³-hybridized carbons (Fsp3) is 0.200. The summed E-state index contributed by atoms with van der Waals surface area (Å²) in [6, 6.07) is 4.74. The molecule has 1 amide bonds. The molecule has 1 aromatic carbocycles. The molecule has 0 aliphatic heterocycles. The number of benzene rings is 1. The van der Waals surface area contributed by atoms with Gasteiger partial charge in [-0.05, 0) is 31.2 Å². The molecule has 1 aromatic rings. The zero-order valence-electron chi connectivity index (χ0n) is 9.97. The smallest absolute Gasteiger partial charge is 0.744 e. The molecule has 6 nitrogen and oxygen atoms in total. The zero-order chi connectivity index (χ0) is 13.1. The molecule has 8 heteroatoms. The van der Waals surface area contributed by atoms with E-state index in [4.69, 9.17) is 0 Å². The third kappa shape index (κ3) is 6.18. The number of nitrogens with one attached hydrogen (secondary N) is 1. The molecule has 0 atom stereocenters. The first-order valence-corrected chi connectivity index (χ1v) is 6.05. The van der Waals surface area contributed by atoms with E-state index in [9.17, 15) is 22.6 Å². The Bertz CT molecular complexity index is 538. The number of ketones is 1. The van der Waals surface area contributed by atoms with Crippen LogP contribution in [0, 0.1) is 0 Å². The Kier molecular flexibility index (Phi) is 7.45. The van der Waals surface area contributed by atoms with Crippen molar-refractivity contribution in [1.29, 1.82) is 0 Å². The van der Waals surface area contributed by atoms with Gasteiger partial charge < -0.3 is 9.87 Å². The van der Waals surface area contributed by atoms with E-state index in [0.717, 1.165) is 12.1 Å². The minimum Gasteiger partial charge on any atom is -0.744 e. The van der Waals surface area contributed by atoms with E-state index in [2.05, 4.69) is 5.32 Å². The van der Waals surface area contributed by atoms with E-state index < -0.39 is 16.0 Å². The molecule has 0 unspecified atom stereocenters. The maximum atomic E-state index is 11.2. The van der Waals surface area contributed by atoms with Crippen LogP contribution in [0.25, 0.3) is 0 Å². The van der Waals surface area contributed by atoms with E-state index in [0.29, 0.717) is 5.69 Å². The summed E-state index contributed by atoms with van der Waals surface area (Å²) >= 11 is 0. The molecule has 0 fully saturated rings. The van der Waals surface area contributed by atoms with Crippen LogP contribution in [-0.4, -0.2) is 24.7 Å². The Morgan fingerprint density at radius 1 is 1.22 bits per heavy atom. The monoisotopic (exact) mass is 295 g/mol. The predicted octanol–water partition coefficient (Wildman–Crippen LogP) is -2.49. The number of rotatable bonds is 4. The van der Waals surface area contributed by atoms with E-state index in [-0.39, 0.29) is 68.5 Å². The van der Waals surface area contributed by atoms with E-state index >= 15 is 0 Å². The average Bonchev–Trinajstić information content (AvgIpc) is 2.15. The Labute approximate surface area is 147 Å². The molecule has 1 rings (SSSR count). The molecule has 1 N–H and O–H groups in total. The van der Waals surface area contributed by atoms with E-state index in [1.807, 2.05) is 0 Å². The number of carbonyl (C=O) groups excluding carboxylic acids is 2. The van der Waals surface area contributed by atoms with Crippen LogP contribution in [0.5, 0.6) is 0 Å². The molecular formula is C10H10KNO5S. The second-order valence-electron chi connectivity index (χ2n) is 3.41. The summed E-state index contributed by atoms with van der Waals surface area (Å²) in [6.45, 7) is 1.28. The molecule has 0 aliphatic carbocycles. The number of Topliss-reactive ketones (excluding diaryl/α,β-unsaturated/α-hetero) is 1. The molecule has 0 aromatic heterocycles. The summed E-state index contributed by atoms with van der Waals surface area (Å²) in [5, 5.41) is 2.40. The second-order valence-corrected chi connectivity index (χ2v) is 4.79. The number of hydrogen-bond acceptors (Lipinski definition) is 5. The van der Waals surface area contributed by atoms with Crippen molar-refractivity contribution in [2.75, 3.05) is 5.32 Å². The Balaban J connectivity index is 0.00000289. The first kappa shape index (κ1) is 17.9. The number of anilines is 1. The third-order valence-corrected chi connectivity index (χ3v) is 2.69. The van der Waals surface area contributed by atoms with Crippen molar-refractivity contribution in [2.24, 2.45) is 0 Å². The van der Waals surface area contributed by atoms with Crippen molar-refractivity contribution in [3.05, 3.63) is 24.3 Å². The molecule has 0 saturated carbocycles. The van der Waals surface area contributed by atoms with Crippen molar-refractivity contribution in [3.8, 4) is 0 Å². The van der Waals surface area contributed by atoms with Gasteiger partial charge in [-0.15, -0.1) is 0 Å². The number of carbonyl (C=O) groups is 2. The van der Waals surface area contributed by atoms with Crippen LogP contribution in [0.15, 0.2) is 29.2 Å². The fourth-order valence-electron chi connectivity index (χ4n) is 1.14. The van der Waals surface area contributed by atoms with Crippen LogP contribution < -0.4 is 56.7 Å². The summed E-state index contributed by atoms with van der Waals surface area (Å²) < 4.78 is 31.9. The molecule has 0 heterocycles. The van der Waals surface area contributed by atoms with Gasteiger partial charge in [0, 0.05) is 5.69 Å². The van der Waals surface area contributed by atoms with Crippen LogP contribution in [-0.2, 0) is 19.7 Å². The van der Waals surface area contributed by atoms with Crippen molar-refractivity contribution in [2.45, 2.75) is 18.2 Å². The normalized spacial score (nSPS) is 10.3. The summed E-state index contributed by atoms with van der Waals surface area (Å²) in [5.74, 6) is -0.767. The molecule has 0 radical (unpaired) electrons. The third-order valence-electron chi connectivity index (χ3n) is 1.84. The van der Waals surface area contributed by atoms with Gasteiger partial charge in [0.25, 0.3) is 0 Å². The number of amides is 1. The van der Waals surface area contributed by atoms with Gasteiger partial charge in [0.1, 0.15) is 15.9 Å². The first-order chi connectivity index (χ1) is 7.79. The van der Waals surface area contributed by atoms with Gasteiger partial charge in [-0.2, -0.15) is 0 Å². The summed E-state index contributed by atoms with van der Waals surface area (Å²) in [5.41, 5.74) is 0.323. The summed E-state index contributed by atoms with van der Waals surface area (Å²) in [4.78, 5) is 21.5. The topological polar surface area (TPSA) is 103 Å². The van der Waals surface area contributed by atoms with E-state index in [1.165, 1.54) is 19.1 Å². The fourth-order valence-corrected chi connectivity index (χ4v) is 1.61. The Hall–Kier alpha value is -0.0936. The van der Waals surface area contributed by atoms with Crippen LogP contribution in [0.1, 0.15) is 13.3 Å². The molecule has 18 heavy (non-hydrogen) atoms. The van der Waals surface area contributed by atoms with Crippen LogP contribution in [0.2, 0.25) is 0 Å². The predicted molar refractivity (Wildman–Crippen MR) is 58.3 cm³/mol. The van der Waals surface area contributed by atoms with Gasteiger partial charge in [-0.25, -0.2) is 8.42 Å². The van der Waals surface area contributed by atoms with Gasteiger partial charge in [0.15, 0.2) is 0 Å². The van der Waals surface area contributed by atoms with Gasteiger partial charge >= 0.3 is 51.4 Å². The van der Waals surface area contributed by atoms with Crippen LogP contribution >= 0.6 is 0 Å². The largest absolute Gasteiger partial charge is 1.00 e. The van der Waals surface area contributed by atoms with Crippen molar-refractivity contribution in [3.63, 3.8) is 0 Å². The Morgan fingerprint density at radius 3 is 2.11 bits per heavy atom. The molecule has 0 bridgehead atoms. The second kappa shape index (κ2) is 7.48. The quantitative estimate of drug-likeness (QED) is 0.376. The standard InChI is InChI=1S/C10H11NO5S.K/c1-7(12)6-10(13)11-8-2-4-9(5-3-8)17(14,15)16;/h2-5H,6H2,1H3,(H,11,13)(H,14,15,16);/q;+1/p-1. The SMILES string of the molecule is CC(=O)CC(=O)Nc1ccc(S(=O)(=O)[O-])cc1.[K+]. The summed E-state index contributed by atoms with van der Waals surface area (Å²) in [6.07, 6.45) is -0.248. The van der Waals surface area contributed by atoms with Gasteiger partial charge in [0.2, 0.25) is 5.91 Å². The Morgan fingerprint density at radius 2 is 1.72 bits per heavy atom. The average molecular weight is 295 g/mol. The van der Waals surface area contributed by atoms with Crippen LogP contribution in [0.4, 0.5) is 5.69 Å². The number of hydrogen-bond donors (Lipinski definition) is 1. The zero-order valence-corrected chi connectivity index (χ0v) is 13.9. The van der Waals surface area contributed by atoms with Crippen molar-refractivity contribution < 1.29 is 73.9 Å². The van der Waals surface area contributed by atoms with Gasteiger partial charge in [-0.3, -0.25) is 9.59 Å². The van der Waals surface area contributed by atoms with Crippen LogP contribution in [0.3, 0.4) is 0 Å². The minimum absolute atomic E-state index is 0. The van der Waals surface area contributed by atoms with Gasteiger partial charge in [0.05, 0.1) is 11.3 Å². The van der Waals surface area contributed by atoms with E-state index in [1.54, 1.807) is 0 Å². The molecule has 0 spiro atoms.